The van der Waals surface area contributed by atoms with Crippen LogP contribution >= 0.6 is 0 Å². The normalized spacial score (nSPS) is 18.6. The number of piperazine rings is 1. The van der Waals surface area contributed by atoms with Crippen LogP contribution in [0.1, 0.15) is 32.6 Å². The van der Waals surface area contributed by atoms with Gasteiger partial charge in [0.2, 0.25) is 0 Å². The van der Waals surface area contributed by atoms with Crippen molar-refractivity contribution in [2.75, 3.05) is 30.3 Å². The van der Waals surface area contributed by atoms with E-state index in [9.17, 15) is 18.0 Å². The van der Waals surface area contributed by atoms with Crippen molar-refractivity contribution in [1.29, 1.82) is 0 Å². The van der Waals surface area contributed by atoms with Gasteiger partial charge in [0.05, 0.1) is 5.75 Å². The van der Waals surface area contributed by atoms with E-state index < -0.39 is 21.3 Å². The van der Waals surface area contributed by atoms with E-state index in [1.165, 1.54) is 12.1 Å². The molecule has 27 heavy (non-hydrogen) atoms. The molecule has 0 aliphatic carbocycles. The monoisotopic (exact) mass is 397 g/mol. The molecule has 0 spiro atoms. The van der Waals surface area contributed by atoms with E-state index in [4.69, 9.17) is 0 Å². The average Bonchev–Trinajstić information content (AvgIpc) is 2.67. The standard InChI is InChI=1S/C19H28FN3O3S/c1-2-3-4-5-6-7-17(22-24)15-27(25,26)19-14-21-12-13-23(19)18-10-8-16(20)9-11-18/h8-11,17,19,21-22,24H,2-5,12-15H2,1H3. The zero-order valence-electron chi connectivity index (χ0n) is 15.6. The highest BCUT2D eigenvalue weighted by Crippen LogP contribution is 2.22. The molecular formula is C19H28FN3O3S. The van der Waals surface area contributed by atoms with Gasteiger partial charge in [-0.15, -0.1) is 5.92 Å². The van der Waals surface area contributed by atoms with E-state index in [0.29, 0.717) is 25.2 Å². The zero-order valence-corrected chi connectivity index (χ0v) is 16.4. The lowest BCUT2D eigenvalue weighted by Crippen LogP contribution is -2.56. The molecule has 0 aromatic heterocycles. The summed E-state index contributed by atoms with van der Waals surface area (Å²) >= 11 is 0. The minimum Gasteiger partial charge on any atom is -0.353 e. The second-order valence-electron chi connectivity index (χ2n) is 6.62. The molecule has 1 aliphatic heterocycles. The topological polar surface area (TPSA) is 81.7 Å². The van der Waals surface area contributed by atoms with Crippen LogP contribution in [0.25, 0.3) is 0 Å². The maximum absolute atomic E-state index is 13.2. The number of nitrogens with zero attached hydrogens (tertiary/aromatic N) is 1. The van der Waals surface area contributed by atoms with Crippen molar-refractivity contribution in [2.24, 2.45) is 0 Å². The summed E-state index contributed by atoms with van der Waals surface area (Å²) in [4.78, 5) is 1.76. The number of halogens is 1. The van der Waals surface area contributed by atoms with Crippen LogP contribution in [-0.4, -0.2) is 50.4 Å². The molecule has 1 fully saturated rings. The first kappa shape index (κ1) is 21.6. The van der Waals surface area contributed by atoms with Crippen LogP contribution in [-0.2, 0) is 9.84 Å². The Morgan fingerprint density at radius 1 is 1.37 bits per heavy atom. The molecule has 1 heterocycles. The van der Waals surface area contributed by atoms with Gasteiger partial charge in [-0.2, -0.15) is 5.48 Å². The lowest BCUT2D eigenvalue weighted by Gasteiger charge is -2.37. The van der Waals surface area contributed by atoms with Crippen molar-refractivity contribution in [3.8, 4) is 11.8 Å². The highest BCUT2D eigenvalue weighted by molar-refractivity contribution is 7.92. The van der Waals surface area contributed by atoms with Crippen molar-refractivity contribution in [1.82, 2.24) is 10.8 Å². The molecule has 1 aromatic rings. The van der Waals surface area contributed by atoms with Gasteiger partial charge in [-0.25, -0.2) is 12.8 Å². The van der Waals surface area contributed by atoms with Gasteiger partial charge < -0.3 is 15.4 Å². The predicted molar refractivity (Wildman–Crippen MR) is 105 cm³/mol. The SMILES string of the molecule is CCCCCC#CC(CS(=O)(=O)C1CNCCN1c1ccc(F)cc1)NO. The fraction of sp³-hybridized carbons (Fsp3) is 0.579. The minimum absolute atomic E-state index is 0.266. The van der Waals surface area contributed by atoms with Crippen molar-refractivity contribution in [2.45, 2.75) is 44.0 Å². The summed E-state index contributed by atoms with van der Waals surface area (Å²) in [5.41, 5.74) is 2.67. The molecule has 6 nitrogen and oxygen atoms in total. The number of hydroxylamine groups is 1. The van der Waals surface area contributed by atoms with Gasteiger partial charge in [0.25, 0.3) is 0 Å². The Bertz CT molecular complexity index is 744. The first-order chi connectivity index (χ1) is 13.0. The third-order valence-corrected chi connectivity index (χ3v) is 6.55. The fourth-order valence-electron chi connectivity index (χ4n) is 3.04. The van der Waals surface area contributed by atoms with Gasteiger partial charge in [-0.3, -0.25) is 0 Å². The lowest BCUT2D eigenvalue weighted by atomic mass is 10.2. The molecule has 1 aromatic carbocycles. The third kappa shape index (κ3) is 6.47. The largest absolute Gasteiger partial charge is 0.353 e. The van der Waals surface area contributed by atoms with Crippen molar-refractivity contribution < 1.29 is 18.0 Å². The van der Waals surface area contributed by atoms with Crippen LogP contribution in [0.15, 0.2) is 24.3 Å². The third-order valence-electron chi connectivity index (χ3n) is 4.51. The maximum atomic E-state index is 13.2. The van der Waals surface area contributed by atoms with E-state index in [1.807, 2.05) is 5.48 Å². The second-order valence-corrected chi connectivity index (χ2v) is 8.82. The van der Waals surface area contributed by atoms with Crippen LogP contribution in [0.5, 0.6) is 0 Å². The van der Waals surface area contributed by atoms with E-state index >= 15 is 0 Å². The molecule has 2 rings (SSSR count). The Hall–Kier alpha value is -1.66. The number of rotatable bonds is 8. The summed E-state index contributed by atoms with van der Waals surface area (Å²) in [7, 11) is -3.60. The fourth-order valence-corrected chi connectivity index (χ4v) is 4.87. The summed E-state index contributed by atoms with van der Waals surface area (Å²) in [5.74, 6) is 5.08. The number of unbranched alkanes of at least 4 members (excludes halogenated alkanes) is 3. The van der Waals surface area contributed by atoms with Crippen molar-refractivity contribution >= 4 is 15.5 Å². The molecule has 1 saturated heterocycles. The van der Waals surface area contributed by atoms with Gasteiger partial charge in [-0.1, -0.05) is 25.7 Å². The second kappa shape index (κ2) is 10.6. The number of anilines is 1. The van der Waals surface area contributed by atoms with Gasteiger partial charge in [0.1, 0.15) is 17.2 Å². The molecule has 1 aliphatic rings. The van der Waals surface area contributed by atoms with Crippen LogP contribution in [0.3, 0.4) is 0 Å². The minimum atomic E-state index is -3.60. The van der Waals surface area contributed by atoms with E-state index in [1.54, 1.807) is 17.0 Å². The predicted octanol–water partition coefficient (Wildman–Crippen LogP) is 1.91. The number of benzene rings is 1. The molecule has 3 N–H and O–H groups in total. The quantitative estimate of drug-likeness (QED) is 0.353. The summed E-state index contributed by atoms with van der Waals surface area (Å²) in [5, 5.41) is 11.6. The molecule has 0 saturated carbocycles. The van der Waals surface area contributed by atoms with Gasteiger partial charge in [0.15, 0.2) is 9.84 Å². The number of hydrogen-bond donors (Lipinski definition) is 3. The van der Waals surface area contributed by atoms with E-state index in [-0.39, 0.29) is 18.1 Å². The smallest absolute Gasteiger partial charge is 0.175 e. The Morgan fingerprint density at radius 3 is 2.78 bits per heavy atom. The number of hydrogen-bond acceptors (Lipinski definition) is 6. The molecule has 150 valence electrons. The van der Waals surface area contributed by atoms with Crippen LogP contribution in [0, 0.1) is 17.7 Å². The Morgan fingerprint density at radius 2 is 2.11 bits per heavy atom. The Balaban J connectivity index is 2.10. The number of sulfone groups is 1. The molecule has 0 bridgehead atoms. The first-order valence-electron chi connectivity index (χ1n) is 9.30. The molecule has 2 unspecified atom stereocenters. The van der Waals surface area contributed by atoms with Crippen LogP contribution < -0.4 is 15.7 Å². The van der Waals surface area contributed by atoms with Crippen molar-refractivity contribution in [3.63, 3.8) is 0 Å². The zero-order chi connectivity index (χ0) is 19.7. The molecular weight excluding hydrogens is 369 g/mol. The highest BCUT2D eigenvalue weighted by atomic mass is 32.2. The molecule has 2 atom stereocenters. The summed E-state index contributed by atoms with van der Waals surface area (Å²) < 4.78 is 39.1. The first-order valence-corrected chi connectivity index (χ1v) is 11.0. The average molecular weight is 398 g/mol. The summed E-state index contributed by atoms with van der Waals surface area (Å²) in [6, 6.07) is 4.97. The molecule has 0 amide bonds. The highest BCUT2D eigenvalue weighted by Gasteiger charge is 2.35. The van der Waals surface area contributed by atoms with Crippen LogP contribution in [0.2, 0.25) is 0 Å². The molecule has 8 heteroatoms. The van der Waals surface area contributed by atoms with Gasteiger partial charge >= 0.3 is 0 Å². The van der Waals surface area contributed by atoms with Crippen LogP contribution in [0.4, 0.5) is 10.1 Å². The Labute approximate surface area is 161 Å². The van der Waals surface area contributed by atoms with E-state index in [0.717, 1.165) is 19.3 Å². The van der Waals surface area contributed by atoms with Crippen molar-refractivity contribution in [3.05, 3.63) is 30.1 Å². The van der Waals surface area contributed by atoms with Gasteiger partial charge in [0, 0.05) is 31.7 Å². The summed E-state index contributed by atoms with van der Waals surface area (Å²) in [6.45, 7) is 3.50. The Kier molecular flexibility index (Phi) is 8.51. The maximum Gasteiger partial charge on any atom is 0.175 e. The summed E-state index contributed by atoms with van der Waals surface area (Å²) in [6.07, 6.45) is 3.80. The van der Waals surface area contributed by atoms with Gasteiger partial charge in [-0.05, 0) is 30.7 Å². The lowest BCUT2D eigenvalue weighted by molar-refractivity contribution is 0.153. The number of nitrogens with one attached hydrogen (secondary N) is 2. The van der Waals surface area contributed by atoms with E-state index in [2.05, 4.69) is 24.1 Å². The molecule has 0 radical (unpaired) electrons.